The Morgan fingerprint density at radius 3 is 2.74 bits per heavy atom. The van der Waals surface area contributed by atoms with E-state index >= 15 is 0 Å². The first-order chi connectivity index (χ1) is 18.6. The molecule has 0 saturated carbocycles. The fourth-order valence-electron chi connectivity index (χ4n) is 6.26. The Bertz CT molecular complexity index is 1300. The van der Waals surface area contributed by atoms with Crippen molar-refractivity contribution < 1.29 is 24.1 Å². The monoisotopic (exact) mass is 518 g/mol. The van der Waals surface area contributed by atoms with Crippen molar-refractivity contribution in [3.05, 3.63) is 54.2 Å². The summed E-state index contributed by atoms with van der Waals surface area (Å²) in [5.41, 5.74) is 4.41. The highest BCUT2D eigenvalue weighted by Gasteiger charge is 2.42. The van der Waals surface area contributed by atoms with Gasteiger partial charge in [-0.1, -0.05) is 18.7 Å². The first-order valence-electron chi connectivity index (χ1n) is 13.5. The lowest BCUT2D eigenvalue weighted by Gasteiger charge is -2.48. The van der Waals surface area contributed by atoms with Gasteiger partial charge in [0.05, 0.1) is 43.7 Å². The molecule has 0 spiro atoms. The molecule has 3 aliphatic rings. The smallest absolute Gasteiger partial charge is 0.246 e. The summed E-state index contributed by atoms with van der Waals surface area (Å²) < 4.78 is 17.3. The van der Waals surface area contributed by atoms with E-state index < -0.39 is 0 Å². The molecule has 200 valence electrons. The maximum absolute atomic E-state index is 12.6. The topological polar surface area (TPSA) is 110 Å². The van der Waals surface area contributed by atoms with Gasteiger partial charge in [-0.15, -0.1) is 10.2 Å². The Labute approximate surface area is 221 Å². The van der Waals surface area contributed by atoms with Gasteiger partial charge in [-0.2, -0.15) is 0 Å². The van der Waals surface area contributed by atoms with Crippen LogP contribution in [0.2, 0.25) is 0 Å². The van der Waals surface area contributed by atoms with E-state index in [0.29, 0.717) is 37.7 Å². The van der Waals surface area contributed by atoms with Gasteiger partial charge in [0.2, 0.25) is 5.91 Å². The number of phenolic OH excluding ortho intramolecular Hbond substituents is 1. The van der Waals surface area contributed by atoms with Crippen molar-refractivity contribution in [2.75, 3.05) is 33.0 Å². The summed E-state index contributed by atoms with van der Waals surface area (Å²) in [5, 5.41) is 20.4. The summed E-state index contributed by atoms with van der Waals surface area (Å²) in [4.78, 5) is 18.2. The molecular formula is C29H34N4O5. The van der Waals surface area contributed by atoms with Crippen LogP contribution in [-0.2, 0) is 25.4 Å². The van der Waals surface area contributed by atoms with Gasteiger partial charge in [-0.25, -0.2) is 0 Å². The van der Waals surface area contributed by atoms with Gasteiger partial charge < -0.3 is 29.2 Å². The van der Waals surface area contributed by atoms with E-state index in [9.17, 15) is 9.90 Å². The van der Waals surface area contributed by atoms with E-state index in [1.807, 2.05) is 23.1 Å². The number of aromatic nitrogens is 3. The first kappa shape index (κ1) is 25.0. The number of nitrogens with one attached hydrogen (secondary N) is 1. The molecule has 9 nitrogen and oxygen atoms in total. The molecule has 2 N–H and O–H groups in total. The molecule has 1 aromatic carbocycles. The molecule has 0 aliphatic carbocycles. The van der Waals surface area contributed by atoms with Crippen LogP contribution in [0.4, 0.5) is 0 Å². The summed E-state index contributed by atoms with van der Waals surface area (Å²) in [6.07, 6.45) is 5.86. The molecule has 3 aliphatic heterocycles. The van der Waals surface area contributed by atoms with Gasteiger partial charge in [0.15, 0.2) is 5.65 Å². The number of nitrogens with zero attached hydrogens (tertiary/aromatic N) is 3. The van der Waals surface area contributed by atoms with Crippen LogP contribution < -0.4 is 0 Å². The number of carbonyl (C=O) groups excluding carboxylic acids is 1. The van der Waals surface area contributed by atoms with Crippen LogP contribution in [0.5, 0.6) is 5.75 Å². The number of aromatic amines is 1. The number of amides is 1. The highest BCUT2D eigenvalue weighted by Crippen LogP contribution is 2.41. The molecule has 2 bridgehead atoms. The lowest BCUT2D eigenvalue weighted by atomic mass is 9.81. The van der Waals surface area contributed by atoms with Crippen LogP contribution in [0.15, 0.2) is 43.0 Å². The molecule has 1 amide bonds. The van der Waals surface area contributed by atoms with E-state index in [1.165, 1.54) is 11.6 Å². The fourth-order valence-corrected chi connectivity index (χ4v) is 6.26. The Kier molecular flexibility index (Phi) is 7.14. The largest absolute Gasteiger partial charge is 0.507 e. The van der Waals surface area contributed by atoms with Crippen molar-refractivity contribution >= 4 is 16.9 Å². The quantitative estimate of drug-likeness (QED) is 0.345. The lowest BCUT2D eigenvalue weighted by molar-refractivity contribution is -0.146. The molecule has 6 rings (SSSR count). The SMILES string of the molecule is C=CC(=O)N1[C@@H]2COC[C@H]1CC(c1[nH]c3nnc(-c4ccccc4O)cc3c1CCCOC1CCOC1)C2. The van der Waals surface area contributed by atoms with Crippen molar-refractivity contribution in [3.8, 4) is 17.0 Å². The molecule has 3 fully saturated rings. The second-order valence-corrected chi connectivity index (χ2v) is 10.4. The number of benzene rings is 1. The van der Waals surface area contributed by atoms with Gasteiger partial charge in [-0.05, 0) is 61.9 Å². The third-order valence-electron chi connectivity index (χ3n) is 8.05. The van der Waals surface area contributed by atoms with E-state index in [0.717, 1.165) is 55.4 Å². The summed E-state index contributed by atoms with van der Waals surface area (Å²) in [6.45, 7) is 6.88. The second kappa shape index (κ2) is 10.8. The van der Waals surface area contributed by atoms with Gasteiger partial charge in [0.25, 0.3) is 0 Å². The summed E-state index contributed by atoms with van der Waals surface area (Å²) in [5.74, 6) is 0.396. The second-order valence-electron chi connectivity index (χ2n) is 10.4. The third-order valence-corrected chi connectivity index (χ3v) is 8.05. The van der Waals surface area contributed by atoms with Crippen molar-refractivity contribution in [3.63, 3.8) is 0 Å². The molecule has 38 heavy (non-hydrogen) atoms. The highest BCUT2D eigenvalue weighted by atomic mass is 16.5. The molecule has 2 unspecified atom stereocenters. The number of fused-ring (bicyclic) bond motifs is 3. The predicted molar refractivity (Wildman–Crippen MR) is 142 cm³/mol. The maximum atomic E-state index is 12.6. The van der Waals surface area contributed by atoms with Crippen LogP contribution in [-0.4, -0.2) is 82.3 Å². The van der Waals surface area contributed by atoms with Crippen molar-refractivity contribution in [2.24, 2.45) is 0 Å². The Morgan fingerprint density at radius 2 is 2.00 bits per heavy atom. The van der Waals surface area contributed by atoms with Crippen LogP contribution in [0.3, 0.4) is 0 Å². The van der Waals surface area contributed by atoms with E-state index in [-0.39, 0.29) is 35.8 Å². The average Bonchev–Trinajstić information content (AvgIpc) is 3.58. The molecule has 5 heterocycles. The zero-order valence-corrected chi connectivity index (χ0v) is 21.5. The highest BCUT2D eigenvalue weighted by molar-refractivity contribution is 5.88. The molecule has 3 saturated heterocycles. The number of para-hydroxylation sites is 1. The molecule has 9 heteroatoms. The minimum absolute atomic E-state index is 0.0193. The molecule has 3 aromatic rings. The number of rotatable bonds is 8. The van der Waals surface area contributed by atoms with Crippen LogP contribution >= 0.6 is 0 Å². The Morgan fingerprint density at radius 1 is 1.18 bits per heavy atom. The van der Waals surface area contributed by atoms with Gasteiger partial charge in [-0.3, -0.25) is 4.79 Å². The Balaban J connectivity index is 1.32. The van der Waals surface area contributed by atoms with Crippen molar-refractivity contribution in [1.82, 2.24) is 20.1 Å². The Hall–Kier alpha value is -3.27. The number of piperidine rings is 1. The number of aryl methyl sites for hydroxylation is 1. The average molecular weight is 519 g/mol. The third kappa shape index (κ3) is 4.81. The number of carbonyl (C=O) groups is 1. The molecule has 0 radical (unpaired) electrons. The minimum Gasteiger partial charge on any atom is -0.507 e. The zero-order valence-electron chi connectivity index (χ0n) is 21.5. The normalized spacial score (nSPS) is 25.1. The van der Waals surface area contributed by atoms with Gasteiger partial charge in [0, 0.05) is 35.8 Å². The lowest BCUT2D eigenvalue weighted by Crippen LogP contribution is -2.58. The number of morpholine rings is 1. The number of hydrogen-bond acceptors (Lipinski definition) is 7. The van der Waals surface area contributed by atoms with Crippen LogP contribution in [0, 0.1) is 0 Å². The van der Waals surface area contributed by atoms with Crippen LogP contribution in [0.1, 0.15) is 42.9 Å². The number of phenols is 1. The van der Waals surface area contributed by atoms with Gasteiger partial charge >= 0.3 is 0 Å². The summed E-state index contributed by atoms with van der Waals surface area (Å²) in [7, 11) is 0. The molecule has 2 aromatic heterocycles. The van der Waals surface area contributed by atoms with E-state index in [1.54, 1.807) is 12.1 Å². The zero-order chi connectivity index (χ0) is 26.1. The van der Waals surface area contributed by atoms with Crippen molar-refractivity contribution in [2.45, 2.75) is 56.2 Å². The predicted octanol–water partition coefficient (Wildman–Crippen LogP) is 3.73. The standard InChI is InChI=1S/C29H34N4O5/c1-2-27(35)33-19-12-18(13-20(33)16-37-15-19)28-22(7-5-10-38-21-9-11-36-17-21)24-14-25(31-32-29(24)30-28)23-6-3-4-8-26(23)34/h2-4,6,8,14,18-21,34H,1,5,7,9-13,15-17H2,(H,30,32)/t18?,19-,20+,21?. The summed E-state index contributed by atoms with van der Waals surface area (Å²) >= 11 is 0. The summed E-state index contributed by atoms with van der Waals surface area (Å²) in [6, 6.07) is 9.25. The van der Waals surface area contributed by atoms with E-state index in [2.05, 4.69) is 21.8 Å². The van der Waals surface area contributed by atoms with Gasteiger partial charge in [0.1, 0.15) is 5.75 Å². The fraction of sp³-hybridized carbons (Fsp3) is 0.483. The number of ether oxygens (including phenoxy) is 3. The molecule has 4 atom stereocenters. The number of H-pyrrole nitrogens is 1. The minimum atomic E-state index is -0.0233. The molecular weight excluding hydrogens is 484 g/mol. The number of hydrogen-bond donors (Lipinski definition) is 2. The van der Waals surface area contributed by atoms with E-state index in [4.69, 9.17) is 14.2 Å². The maximum Gasteiger partial charge on any atom is 0.246 e. The number of aromatic hydroxyl groups is 1. The van der Waals surface area contributed by atoms with Crippen molar-refractivity contribution in [1.29, 1.82) is 0 Å². The first-order valence-corrected chi connectivity index (χ1v) is 13.5. The van der Waals surface area contributed by atoms with Crippen LogP contribution in [0.25, 0.3) is 22.3 Å².